The van der Waals surface area contributed by atoms with Crippen LogP contribution in [0.25, 0.3) is 56.4 Å². The summed E-state index contributed by atoms with van der Waals surface area (Å²) >= 11 is 1.63. The van der Waals surface area contributed by atoms with Crippen molar-refractivity contribution in [3.05, 3.63) is 109 Å². The number of phenols is 2. The van der Waals surface area contributed by atoms with Crippen LogP contribution in [0.4, 0.5) is 0 Å². The fourth-order valence-corrected chi connectivity index (χ4v) is 6.79. The number of hydrogen-bond donors (Lipinski definition) is 2. The van der Waals surface area contributed by atoms with Crippen molar-refractivity contribution in [1.82, 2.24) is 19.9 Å². The molecule has 6 radical (unpaired) electrons. The molecule has 4 aromatic heterocycles. The molecule has 2 N–H and O–H groups in total. The summed E-state index contributed by atoms with van der Waals surface area (Å²) in [5.41, 5.74) is 6.78. The summed E-state index contributed by atoms with van der Waals surface area (Å²) in [6, 6.07) is 30.7. The number of hydrogen-bond acceptors (Lipinski definition) is 6. The van der Waals surface area contributed by atoms with Gasteiger partial charge in [0.15, 0.2) is 0 Å². The summed E-state index contributed by atoms with van der Waals surface area (Å²) in [5, 5.41) is 22.5. The van der Waals surface area contributed by atoms with Gasteiger partial charge >= 0.3 is 265 Å². The van der Waals surface area contributed by atoms with E-state index in [0.717, 1.165) is 69.2 Å². The molecule has 0 saturated carbocycles. The van der Waals surface area contributed by atoms with Crippen LogP contribution in [0.3, 0.4) is 0 Å². The van der Waals surface area contributed by atoms with Gasteiger partial charge in [-0.2, -0.15) is 0 Å². The number of pyridine rings is 4. The molecule has 0 fully saturated rings. The molecule has 6 nitrogen and oxygen atoms in total. The summed E-state index contributed by atoms with van der Waals surface area (Å²) in [4.78, 5) is 18.7. The standard InChI is InChI=1S/C32H20N4O2.2Pb/c37-31-21(25-13-1-3-19-33-25)9-5-11-23(31)27-15-7-17-29(35-27)30-18-8-16-28(36-30)24-12-6-10-22(32(24)38)26-14-2-4-20-34-26;;/h1-4,7-20,37-38H;;. The number of rotatable bonds is 5. The van der Waals surface area contributed by atoms with E-state index in [1.165, 1.54) is 0 Å². The van der Waals surface area contributed by atoms with E-state index in [9.17, 15) is 10.2 Å². The van der Waals surface area contributed by atoms with Gasteiger partial charge in [0.1, 0.15) is 0 Å². The van der Waals surface area contributed by atoms with Gasteiger partial charge in [0.2, 0.25) is 0 Å². The molecule has 2 aromatic carbocycles. The number of aromatic nitrogens is 4. The molecule has 0 saturated heterocycles. The predicted molar refractivity (Wildman–Crippen MR) is 159 cm³/mol. The zero-order valence-electron chi connectivity index (χ0n) is 21.1. The van der Waals surface area contributed by atoms with Gasteiger partial charge in [-0.1, -0.05) is 0 Å². The van der Waals surface area contributed by atoms with Crippen LogP contribution in [0, 0.1) is 0 Å². The van der Waals surface area contributed by atoms with E-state index < -0.39 is 0 Å². The Labute approximate surface area is 263 Å². The second kappa shape index (κ2) is 11.5. The van der Waals surface area contributed by atoms with Crippen molar-refractivity contribution >= 4 is 57.8 Å². The van der Waals surface area contributed by atoms with Gasteiger partial charge in [0.05, 0.1) is 0 Å². The van der Waals surface area contributed by atoms with E-state index in [1.54, 1.807) is 12.4 Å². The van der Waals surface area contributed by atoms with E-state index in [-0.39, 0.29) is 11.5 Å². The molecule has 4 heterocycles. The Morgan fingerprint density at radius 2 is 0.775 bits per heavy atom. The van der Waals surface area contributed by atoms with Crippen LogP contribution in [0.2, 0.25) is 0 Å². The van der Waals surface area contributed by atoms with Crippen molar-refractivity contribution in [3.8, 4) is 67.9 Å². The van der Waals surface area contributed by atoms with Gasteiger partial charge in [-0.05, 0) is 0 Å². The molecule has 0 atom stereocenters. The van der Waals surface area contributed by atoms with Crippen molar-refractivity contribution < 1.29 is 10.2 Å². The van der Waals surface area contributed by atoms with E-state index >= 15 is 0 Å². The van der Waals surface area contributed by atoms with E-state index in [1.807, 2.05) is 97.1 Å². The maximum atomic E-state index is 11.2. The van der Waals surface area contributed by atoms with Gasteiger partial charge in [-0.3, -0.25) is 0 Å². The molecule has 0 unspecified atom stereocenters. The van der Waals surface area contributed by atoms with Crippen molar-refractivity contribution in [2.45, 2.75) is 0 Å². The minimum atomic E-state index is 0.153. The second-order valence-corrected chi connectivity index (χ2v) is 13.6. The third-order valence-electron chi connectivity index (χ3n) is 6.41. The van der Waals surface area contributed by atoms with Crippen LogP contribution < -0.4 is 6.25 Å². The van der Waals surface area contributed by atoms with Gasteiger partial charge in [-0.15, -0.1) is 0 Å². The summed E-state index contributed by atoms with van der Waals surface area (Å²) < 4.78 is 2.26. The van der Waals surface area contributed by atoms with Crippen LogP contribution in [0.1, 0.15) is 0 Å². The summed E-state index contributed by atoms with van der Waals surface area (Å²) in [5.74, 6) is 0.307. The first-order valence-corrected chi connectivity index (χ1v) is 16.3. The average molecular weight is 907 g/mol. The van der Waals surface area contributed by atoms with E-state index in [4.69, 9.17) is 9.97 Å². The average Bonchev–Trinajstić information content (AvgIpc) is 3.00. The molecule has 0 bridgehead atoms. The number of aromatic hydroxyl groups is 2. The van der Waals surface area contributed by atoms with Crippen LogP contribution in [-0.2, 0) is 0 Å². The SMILES string of the molecule is Oc1c(-c2ccccn2)c[c]([Pb])cc1-c1cccc(-c2cccc(-c3c[c]([Pb])cc(-c4ccccn4)c3O)n2)n1. The molecule has 0 spiro atoms. The van der Waals surface area contributed by atoms with E-state index in [0.29, 0.717) is 45.0 Å². The molecule has 6 aromatic rings. The molecule has 6 rings (SSSR count). The first kappa shape index (κ1) is 26.7. The van der Waals surface area contributed by atoms with Crippen molar-refractivity contribution in [2.75, 3.05) is 0 Å². The Kier molecular flexibility index (Phi) is 7.70. The fraction of sp³-hybridized carbons (Fsp3) is 0. The first-order chi connectivity index (χ1) is 19.5. The zero-order chi connectivity index (χ0) is 27.6. The normalized spacial score (nSPS) is 10.9. The molecule has 188 valence electrons. The van der Waals surface area contributed by atoms with Crippen molar-refractivity contribution in [3.63, 3.8) is 0 Å². The van der Waals surface area contributed by atoms with Crippen LogP contribution in [-0.4, -0.2) is 81.7 Å². The third kappa shape index (κ3) is 5.42. The number of nitrogens with zero attached hydrogens (tertiary/aromatic N) is 4. The maximum absolute atomic E-state index is 11.2. The molecular weight excluding hydrogens is 887 g/mol. The summed E-state index contributed by atoms with van der Waals surface area (Å²) in [6.07, 6.45) is 3.44. The van der Waals surface area contributed by atoms with Crippen molar-refractivity contribution in [1.29, 1.82) is 0 Å². The number of phenolic OH excluding ortho intramolecular Hbond substituents is 2. The molecule has 0 aliphatic rings. The Hall–Kier alpha value is -3.52. The summed E-state index contributed by atoms with van der Waals surface area (Å²) in [7, 11) is 0. The number of benzene rings is 2. The summed E-state index contributed by atoms with van der Waals surface area (Å²) in [6.45, 7) is 0. The molecule has 0 aliphatic carbocycles. The van der Waals surface area contributed by atoms with E-state index in [2.05, 4.69) is 9.97 Å². The molecule has 40 heavy (non-hydrogen) atoms. The predicted octanol–water partition coefficient (Wildman–Crippen LogP) is 4.60. The van der Waals surface area contributed by atoms with Crippen LogP contribution in [0.15, 0.2) is 109 Å². The topological polar surface area (TPSA) is 92.0 Å². The Morgan fingerprint density at radius 3 is 1.15 bits per heavy atom. The zero-order valence-corrected chi connectivity index (χ0v) is 28.9. The second-order valence-electron chi connectivity index (χ2n) is 9.09. The van der Waals surface area contributed by atoms with Crippen LogP contribution in [0.5, 0.6) is 11.5 Å². The first-order valence-electron chi connectivity index (χ1n) is 12.4. The van der Waals surface area contributed by atoms with Crippen LogP contribution >= 0.6 is 0 Å². The monoisotopic (exact) mass is 908 g/mol. The molecule has 0 amide bonds. The van der Waals surface area contributed by atoms with Crippen molar-refractivity contribution in [2.24, 2.45) is 0 Å². The third-order valence-corrected chi connectivity index (χ3v) is 8.66. The van der Waals surface area contributed by atoms with Gasteiger partial charge in [0, 0.05) is 0 Å². The van der Waals surface area contributed by atoms with Gasteiger partial charge in [0.25, 0.3) is 0 Å². The Balaban J connectivity index is 1.42. The van der Waals surface area contributed by atoms with Gasteiger partial charge < -0.3 is 0 Å². The fourth-order valence-electron chi connectivity index (χ4n) is 4.55. The minimum absolute atomic E-state index is 0.153. The molecular formula is C32H20N4O2Pb2. The molecule has 8 heteroatoms. The Bertz CT molecular complexity index is 1710. The quantitative estimate of drug-likeness (QED) is 0.246. The molecule has 0 aliphatic heterocycles. The Morgan fingerprint density at radius 1 is 0.425 bits per heavy atom. The van der Waals surface area contributed by atoms with Gasteiger partial charge in [-0.25, -0.2) is 0 Å².